The predicted octanol–water partition coefficient (Wildman–Crippen LogP) is 1.65. The molecule has 0 aliphatic rings. The molecule has 1 amide bonds. The summed E-state index contributed by atoms with van der Waals surface area (Å²) in [5.74, 6) is -2.05. The van der Waals surface area contributed by atoms with Gasteiger partial charge in [0.25, 0.3) is 5.91 Å². The van der Waals surface area contributed by atoms with Crippen molar-refractivity contribution in [3.8, 4) is 0 Å². The Labute approximate surface area is 106 Å². The molecule has 0 saturated heterocycles. The van der Waals surface area contributed by atoms with Gasteiger partial charge in [0, 0.05) is 19.8 Å². The highest BCUT2D eigenvalue weighted by molar-refractivity contribution is 5.95. The van der Waals surface area contributed by atoms with Crippen LogP contribution in [0.2, 0.25) is 0 Å². The number of halogens is 3. The van der Waals surface area contributed by atoms with Crippen molar-refractivity contribution in [3.05, 3.63) is 29.6 Å². The van der Waals surface area contributed by atoms with Gasteiger partial charge in [0.1, 0.15) is 0 Å². The molecule has 1 heterocycles. The molecular formula is C11H11F3N2O3. The molecule has 0 aliphatic carbocycles. The number of hydrogen-bond acceptors (Lipinski definition) is 3. The summed E-state index contributed by atoms with van der Waals surface area (Å²) in [6.45, 7) is -0.180. The maximum absolute atomic E-state index is 12.7. The summed E-state index contributed by atoms with van der Waals surface area (Å²) in [5.41, 5.74) is -1.87. The van der Waals surface area contributed by atoms with Crippen molar-refractivity contribution in [2.45, 2.75) is 12.6 Å². The maximum Gasteiger partial charge on any atom is 0.434 e. The van der Waals surface area contributed by atoms with Crippen molar-refractivity contribution >= 4 is 11.9 Å². The number of aliphatic carboxylic acids is 1. The van der Waals surface area contributed by atoms with Gasteiger partial charge in [0.2, 0.25) is 0 Å². The Morgan fingerprint density at radius 3 is 2.58 bits per heavy atom. The largest absolute Gasteiger partial charge is 0.481 e. The lowest BCUT2D eigenvalue weighted by molar-refractivity contribution is -0.141. The SMILES string of the molecule is CN(CCC(=O)O)C(=O)c1cccnc1C(F)(F)F. The first-order chi connectivity index (χ1) is 8.73. The molecule has 1 rings (SSSR count). The normalized spacial score (nSPS) is 11.2. The minimum atomic E-state index is -4.74. The number of carboxylic acids is 1. The fraction of sp³-hybridized carbons (Fsp3) is 0.364. The molecule has 0 radical (unpaired) electrons. The van der Waals surface area contributed by atoms with Crippen LogP contribution in [0, 0.1) is 0 Å². The van der Waals surface area contributed by atoms with Crippen LogP contribution >= 0.6 is 0 Å². The second-order valence-electron chi connectivity index (χ2n) is 3.77. The molecule has 0 bridgehead atoms. The Bertz CT molecular complexity index is 488. The average Bonchev–Trinajstić information content (AvgIpc) is 2.34. The second-order valence-corrected chi connectivity index (χ2v) is 3.77. The van der Waals surface area contributed by atoms with E-state index in [2.05, 4.69) is 4.98 Å². The first-order valence-electron chi connectivity index (χ1n) is 5.23. The Morgan fingerprint density at radius 2 is 2.05 bits per heavy atom. The summed E-state index contributed by atoms with van der Waals surface area (Å²) in [4.78, 5) is 26.3. The second kappa shape index (κ2) is 5.68. The van der Waals surface area contributed by atoms with Crippen molar-refractivity contribution in [2.24, 2.45) is 0 Å². The smallest absolute Gasteiger partial charge is 0.434 e. The number of rotatable bonds is 4. The Hall–Kier alpha value is -2.12. The van der Waals surface area contributed by atoms with E-state index in [0.717, 1.165) is 17.2 Å². The standard InChI is InChI=1S/C11H11F3N2O3/c1-16(6-4-8(17)18)10(19)7-3-2-5-15-9(7)11(12,13)14/h2-3,5H,4,6H2,1H3,(H,17,18). The number of carbonyl (C=O) groups excluding carboxylic acids is 1. The van der Waals surface area contributed by atoms with Crippen LogP contribution in [-0.2, 0) is 11.0 Å². The monoisotopic (exact) mass is 276 g/mol. The van der Waals surface area contributed by atoms with E-state index in [-0.39, 0.29) is 13.0 Å². The van der Waals surface area contributed by atoms with Crippen LogP contribution in [0.25, 0.3) is 0 Å². The topological polar surface area (TPSA) is 70.5 Å². The molecule has 0 aromatic carbocycles. The van der Waals surface area contributed by atoms with Gasteiger partial charge in [-0.1, -0.05) is 0 Å². The summed E-state index contributed by atoms with van der Waals surface area (Å²) in [7, 11) is 1.23. The number of pyridine rings is 1. The summed E-state index contributed by atoms with van der Waals surface area (Å²) in [6, 6.07) is 2.23. The van der Waals surface area contributed by atoms with E-state index < -0.39 is 29.3 Å². The van der Waals surface area contributed by atoms with E-state index in [4.69, 9.17) is 5.11 Å². The highest BCUT2D eigenvalue weighted by Gasteiger charge is 2.37. The van der Waals surface area contributed by atoms with Gasteiger partial charge < -0.3 is 10.0 Å². The minimum absolute atomic E-state index is 0.180. The number of aromatic nitrogens is 1. The third kappa shape index (κ3) is 3.94. The van der Waals surface area contributed by atoms with E-state index in [0.29, 0.717) is 0 Å². The molecule has 5 nitrogen and oxygen atoms in total. The molecule has 0 atom stereocenters. The van der Waals surface area contributed by atoms with Crippen molar-refractivity contribution in [2.75, 3.05) is 13.6 Å². The highest BCUT2D eigenvalue weighted by Crippen LogP contribution is 2.30. The van der Waals surface area contributed by atoms with Crippen LogP contribution in [0.5, 0.6) is 0 Å². The van der Waals surface area contributed by atoms with E-state index >= 15 is 0 Å². The van der Waals surface area contributed by atoms with Gasteiger partial charge in [-0.05, 0) is 12.1 Å². The molecule has 19 heavy (non-hydrogen) atoms. The number of carboxylic acid groups (broad SMARTS) is 1. The minimum Gasteiger partial charge on any atom is -0.481 e. The highest BCUT2D eigenvalue weighted by atomic mass is 19.4. The molecule has 1 aromatic heterocycles. The molecule has 0 spiro atoms. The zero-order valence-electron chi connectivity index (χ0n) is 9.94. The summed E-state index contributed by atoms with van der Waals surface area (Å²) >= 11 is 0. The van der Waals surface area contributed by atoms with Gasteiger partial charge in [-0.25, -0.2) is 0 Å². The van der Waals surface area contributed by atoms with Crippen LogP contribution in [0.4, 0.5) is 13.2 Å². The molecule has 0 aliphatic heterocycles. The summed E-state index contributed by atoms with van der Waals surface area (Å²) < 4.78 is 38.0. The first-order valence-corrected chi connectivity index (χ1v) is 5.23. The van der Waals surface area contributed by atoms with Crippen molar-refractivity contribution in [1.82, 2.24) is 9.88 Å². The molecule has 0 saturated carbocycles. The fourth-order valence-corrected chi connectivity index (χ4v) is 1.37. The molecule has 8 heteroatoms. The zero-order valence-corrected chi connectivity index (χ0v) is 9.94. The molecule has 1 N–H and O–H groups in total. The van der Waals surface area contributed by atoms with Crippen LogP contribution in [0.15, 0.2) is 18.3 Å². The predicted molar refractivity (Wildman–Crippen MR) is 58.5 cm³/mol. The third-order valence-electron chi connectivity index (χ3n) is 2.31. The number of hydrogen-bond donors (Lipinski definition) is 1. The van der Waals surface area contributed by atoms with Crippen LogP contribution in [0.1, 0.15) is 22.5 Å². The fourth-order valence-electron chi connectivity index (χ4n) is 1.37. The quantitative estimate of drug-likeness (QED) is 0.907. The summed E-state index contributed by atoms with van der Waals surface area (Å²) in [5, 5.41) is 8.47. The number of carbonyl (C=O) groups is 2. The van der Waals surface area contributed by atoms with Gasteiger partial charge in [-0.15, -0.1) is 0 Å². The Balaban J connectivity index is 2.97. The van der Waals surface area contributed by atoms with Gasteiger partial charge in [-0.3, -0.25) is 14.6 Å². The average molecular weight is 276 g/mol. The van der Waals surface area contributed by atoms with E-state index in [1.165, 1.54) is 13.1 Å². The lowest BCUT2D eigenvalue weighted by atomic mass is 10.1. The van der Waals surface area contributed by atoms with E-state index in [1.807, 2.05) is 0 Å². The number of alkyl halides is 3. The van der Waals surface area contributed by atoms with E-state index in [9.17, 15) is 22.8 Å². The third-order valence-corrected chi connectivity index (χ3v) is 2.31. The van der Waals surface area contributed by atoms with Gasteiger partial charge in [0.05, 0.1) is 12.0 Å². The zero-order chi connectivity index (χ0) is 14.6. The lowest BCUT2D eigenvalue weighted by Gasteiger charge is -2.18. The number of amides is 1. The van der Waals surface area contributed by atoms with Crippen molar-refractivity contribution in [1.29, 1.82) is 0 Å². The molecule has 0 fully saturated rings. The van der Waals surface area contributed by atoms with Crippen LogP contribution in [0.3, 0.4) is 0 Å². The molecule has 104 valence electrons. The van der Waals surface area contributed by atoms with Crippen LogP contribution < -0.4 is 0 Å². The van der Waals surface area contributed by atoms with Gasteiger partial charge in [0.15, 0.2) is 5.69 Å². The van der Waals surface area contributed by atoms with Crippen molar-refractivity contribution in [3.63, 3.8) is 0 Å². The lowest BCUT2D eigenvalue weighted by Crippen LogP contribution is -2.31. The Morgan fingerprint density at radius 1 is 1.42 bits per heavy atom. The van der Waals surface area contributed by atoms with Crippen molar-refractivity contribution < 1.29 is 27.9 Å². The maximum atomic E-state index is 12.7. The Kier molecular flexibility index (Phi) is 4.47. The molecule has 0 unspecified atom stereocenters. The van der Waals surface area contributed by atoms with Gasteiger partial charge >= 0.3 is 12.1 Å². The van der Waals surface area contributed by atoms with Crippen LogP contribution in [-0.4, -0.2) is 40.5 Å². The molecular weight excluding hydrogens is 265 g/mol. The molecule has 1 aromatic rings. The number of nitrogens with zero attached hydrogens (tertiary/aromatic N) is 2. The first kappa shape index (κ1) is 14.9. The van der Waals surface area contributed by atoms with Gasteiger partial charge in [-0.2, -0.15) is 13.2 Å². The summed E-state index contributed by atoms with van der Waals surface area (Å²) in [6.07, 6.45) is -4.14. The van der Waals surface area contributed by atoms with E-state index in [1.54, 1.807) is 0 Å².